The molecule has 0 fully saturated rings. The Labute approximate surface area is 149 Å². The van der Waals surface area contributed by atoms with E-state index in [1.165, 1.54) is 13.2 Å². The monoisotopic (exact) mass is 367 g/mol. The lowest BCUT2D eigenvalue weighted by molar-refractivity contribution is -0.122. The van der Waals surface area contributed by atoms with Gasteiger partial charge in [0.05, 0.1) is 17.7 Å². The second-order valence-corrected chi connectivity index (χ2v) is 5.74. The molecule has 1 atom stereocenters. The highest BCUT2D eigenvalue weighted by molar-refractivity contribution is 6.35. The number of carbonyl (C=O) groups excluding carboxylic acids is 2. The number of methoxy groups -OCH3 is 1. The molecule has 1 N–H and O–H groups in total. The fourth-order valence-corrected chi connectivity index (χ4v) is 2.32. The van der Waals surface area contributed by atoms with Gasteiger partial charge in [-0.15, -0.1) is 0 Å². The highest BCUT2D eigenvalue weighted by atomic mass is 35.5. The lowest BCUT2D eigenvalue weighted by Crippen LogP contribution is -2.30. The van der Waals surface area contributed by atoms with Crippen molar-refractivity contribution in [3.63, 3.8) is 0 Å². The van der Waals surface area contributed by atoms with Gasteiger partial charge < -0.3 is 14.8 Å². The largest absolute Gasteiger partial charge is 0.479 e. The van der Waals surface area contributed by atoms with Crippen LogP contribution in [-0.2, 0) is 9.53 Å². The van der Waals surface area contributed by atoms with E-state index < -0.39 is 12.1 Å². The Morgan fingerprint density at radius 1 is 1.08 bits per heavy atom. The lowest BCUT2D eigenvalue weighted by atomic mass is 10.2. The lowest BCUT2D eigenvalue weighted by Gasteiger charge is -2.16. The molecular formula is C17H15Cl2NO4. The van der Waals surface area contributed by atoms with Crippen molar-refractivity contribution in [2.75, 3.05) is 12.4 Å². The van der Waals surface area contributed by atoms with Crippen LogP contribution >= 0.6 is 23.2 Å². The maximum Gasteiger partial charge on any atom is 0.337 e. The summed E-state index contributed by atoms with van der Waals surface area (Å²) in [6.07, 6.45) is -0.774. The van der Waals surface area contributed by atoms with Crippen LogP contribution in [0.1, 0.15) is 17.3 Å². The summed E-state index contributed by atoms with van der Waals surface area (Å²) >= 11 is 11.8. The standard InChI is InChI=1S/C17H15Cl2NO4/c1-10(24-15-8-5-12(18)9-14(15)19)16(21)20-13-6-3-11(4-7-13)17(22)23-2/h3-10H,1-2H3,(H,20,21)/t10-/m1/s1. The molecule has 0 radical (unpaired) electrons. The summed E-state index contributed by atoms with van der Waals surface area (Å²) in [6, 6.07) is 11.1. The smallest absolute Gasteiger partial charge is 0.337 e. The Hall–Kier alpha value is -2.24. The molecule has 1 amide bonds. The minimum atomic E-state index is -0.774. The predicted octanol–water partition coefficient (Wildman–Crippen LogP) is 4.19. The molecule has 2 rings (SSSR count). The van der Waals surface area contributed by atoms with Crippen molar-refractivity contribution in [1.29, 1.82) is 0 Å². The third-order valence-corrected chi connectivity index (χ3v) is 3.67. The minimum absolute atomic E-state index is 0.324. The van der Waals surface area contributed by atoms with Gasteiger partial charge in [-0.3, -0.25) is 4.79 Å². The van der Waals surface area contributed by atoms with Crippen LogP contribution in [0, 0.1) is 0 Å². The van der Waals surface area contributed by atoms with E-state index >= 15 is 0 Å². The van der Waals surface area contributed by atoms with E-state index in [-0.39, 0.29) is 5.91 Å². The van der Waals surface area contributed by atoms with Crippen LogP contribution in [0.3, 0.4) is 0 Å². The maximum atomic E-state index is 12.2. The van der Waals surface area contributed by atoms with Gasteiger partial charge in [0.2, 0.25) is 0 Å². The van der Waals surface area contributed by atoms with Crippen LogP contribution < -0.4 is 10.1 Å². The summed E-state index contributed by atoms with van der Waals surface area (Å²) in [5.74, 6) is -0.432. The number of hydrogen-bond donors (Lipinski definition) is 1. The van der Waals surface area contributed by atoms with Gasteiger partial charge in [0.1, 0.15) is 5.75 Å². The number of halogens is 2. The molecule has 0 aromatic heterocycles. The van der Waals surface area contributed by atoms with Crippen molar-refractivity contribution in [3.8, 4) is 5.75 Å². The molecule has 2 aromatic rings. The number of anilines is 1. The van der Waals surface area contributed by atoms with Gasteiger partial charge in [0.25, 0.3) is 5.91 Å². The van der Waals surface area contributed by atoms with Crippen LogP contribution in [-0.4, -0.2) is 25.1 Å². The average Bonchev–Trinajstić information content (AvgIpc) is 2.57. The van der Waals surface area contributed by atoms with Crippen LogP contribution in [0.5, 0.6) is 5.75 Å². The van der Waals surface area contributed by atoms with E-state index in [2.05, 4.69) is 10.1 Å². The third kappa shape index (κ3) is 4.63. The molecule has 5 nitrogen and oxygen atoms in total. The number of nitrogens with one attached hydrogen (secondary N) is 1. The maximum absolute atomic E-state index is 12.2. The molecular weight excluding hydrogens is 353 g/mol. The SMILES string of the molecule is COC(=O)c1ccc(NC(=O)[C@@H](C)Oc2ccc(Cl)cc2Cl)cc1. The molecule has 0 spiro atoms. The quantitative estimate of drug-likeness (QED) is 0.804. The molecule has 0 saturated carbocycles. The highest BCUT2D eigenvalue weighted by Crippen LogP contribution is 2.28. The number of amides is 1. The van der Waals surface area contributed by atoms with Crippen molar-refractivity contribution in [2.45, 2.75) is 13.0 Å². The van der Waals surface area contributed by atoms with Crippen molar-refractivity contribution >= 4 is 40.8 Å². The molecule has 0 aliphatic heterocycles. The Balaban J connectivity index is 1.99. The number of benzene rings is 2. The van der Waals surface area contributed by atoms with Gasteiger partial charge in [-0.1, -0.05) is 23.2 Å². The number of rotatable bonds is 5. The molecule has 24 heavy (non-hydrogen) atoms. The first-order chi connectivity index (χ1) is 11.4. The summed E-state index contributed by atoms with van der Waals surface area (Å²) < 4.78 is 10.1. The van der Waals surface area contributed by atoms with E-state index in [1.54, 1.807) is 43.3 Å². The van der Waals surface area contributed by atoms with Crippen LogP contribution in [0.2, 0.25) is 10.0 Å². The topological polar surface area (TPSA) is 64.6 Å². The second kappa shape index (κ2) is 8.04. The fourth-order valence-electron chi connectivity index (χ4n) is 1.87. The Morgan fingerprint density at radius 2 is 1.75 bits per heavy atom. The summed E-state index contributed by atoms with van der Waals surface area (Å²) in [4.78, 5) is 23.5. The van der Waals surface area contributed by atoms with Crippen molar-refractivity contribution in [2.24, 2.45) is 0 Å². The summed E-state index contributed by atoms with van der Waals surface area (Å²) in [7, 11) is 1.30. The van der Waals surface area contributed by atoms with Crippen LogP contribution in [0.4, 0.5) is 5.69 Å². The Morgan fingerprint density at radius 3 is 2.33 bits per heavy atom. The first-order valence-electron chi connectivity index (χ1n) is 7.01. The molecule has 0 heterocycles. The van der Waals surface area contributed by atoms with E-state index in [1.807, 2.05) is 0 Å². The van der Waals surface area contributed by atoms with Gasteiger partial charge in [-0.25, -0.2) is 4.79 Å². The zero-order valence-corrected chi connectivity index (χ0v) is 14.5. The van der Waals surface area contributed by atoms with Gasteiger partial charge in [-0.2, -0.15) is 0 Å². The van der Waals surface area contributed by atoms with E-state index in [0.29, 0.717) is 27.0 Å². The van der Waals surface area contributed by atoms with Gasteiger partial charge in [0.15, 0.2) is 6.10 Å². The van der Waals surface area contributed by atoms with Crippen LogP contribution in [0.15, 0.2) is 42.5 Å². The van der Waals surface area contributed by atoms with Crippen LogP contribution in [0.25, 0.3) is 0 Å². The van der Waals surface area contributed by atoms with Crippen molar-refractivity contribution in [3.05, 3.63) is 58.1 Å². The number of ether oxygens (including phenoxy) is 2. The average molecular weight is 368 g/mol. The summed E-state index contributed by atoms with van der Waals surface area (Å²) in [5, 5.41) is 3.50. The normalized spacial score (nSPS) is 11.5. The molecule has 0 aliphatic rings. The molecule has 0 saturated heterocycles. The van der Waals surface area contributed by atoms with Gasteiger partial charge in [-0.05, 0) is 49.4 Å². The van der Waals surface area contributed by atoms with Crippen molar-refractivity contribution < 1.29 is 19.1 Å². The number of esters is 1. The Bertz CT molecular complexity index is 747. The first-order valence-corrected chi connectivity index (χ1v) is 7.77. The van der Waals surface area contributed by atoms with Gasteiger partial charge in [0, 0.05) is 10.7 Å². The second-order valence-electron chi connectivity index (χ2n) is 4.89. The third-order valence-electron chi connectivity index (χ3n) is 3.14. The predicted molar refractivity (Wildman–Crippen MR) is 93.0 cm³/mol. The van der Waals surface area contributed by atoms with E-state index in [0.717, 1.165) is 0 Å². The molecule has 126 valence electrons. The van der Waals surface area contributed by atoms with Crippen molar-refractivity contribution in [1.82, 2.24) is 0 Å². The molecule has 0 unspecified atom stereocenters. The summed E-state index contributed by atoms with van der Waals surface area (Å²) in [6.45, 7) is 1.60. The minimum Gasteiger partial charge on any atom is -0.479 e. The number of carbonyl (C=O) groups is 2. The van der Waals surface area contributed by atoms with Gasteiger partial charge >= 0.3 is 5.97 Å². The summed E-state index contributed by atoms with van der Waals surface area (Å²) in [5.41, 5.74) is 0.929. The highest BCUT2D eigenvalue weighted by Gasteiger charge is 2.16. The first kappa shape index (κ1) is 18.1. The van der Waals surface area contributed by atoms with E-state index in [4.69, 9.17) is 27.9 Å². The molecule has 7 heteroatoms. The number of hydrogen-bond acceptors (Lipinski definition) is 4. The van der Waals surface area contributed by atoms with E-state index in [9.17, 15) is 9.59 Å². The molecule has 0 aliphatic carbocycles. The molecule has 2 aromatic carbocycles. The Kier molecular flexibility index (Phi) is 6.06. The zero-order chi connectivity index (χ0) is 17.7. The zero-order valence-electron chi connectivity index (χ0n) is 13.0. The fraction of sp³-hybridized carbons (Fsp3) is 0.176. The molecule has 0 bridgehead atoms.